The molecule has 0 heterocycles. The number of methoxy groups -OCH3 is 1. The molecular formula is C11H13F3N2O2. The van der Waals surface area contributed by atoms with Gasteiger partial charge in [0.25, 0.3) is 5.91 Å². The molecule has 0 aromatic heterocycles. The molecule has 0 aliphatic heterocycles. The van der Waals surface area contributed by atoms with Crippen molar-refractivity contribution in [2.24, 2.45) is 0 Å². The number of amides is 1. The largest absolute Gasteiger partial charge is 0.416 e. The van der Waals surface area contributed by atoms with Gasteiger partial charge in [0.1, 0.15) is 0 Å². The molecule has 7 heteroatoms. The van der Waals surface area contributed by atoms with Crippen LogP contribution in [0.3, 0.4) is 0 Å². The van der Waals surface area contributed by atoms with Gasteiger partial charge in [-0.3, -0.25) is 4.79 Å². The quantitative estimate of drug-likeness (QED) is 0.640. The molecule has 1 rings (SSSR count). The average Bonchev–Trinajstić information content (AvgIpc) is 2.28. The summed E-state index contributed by atoms with van der Waals surface area (Å²) in [6, 6.07) is 2.63. The van der Waals surface area contributed by atoms with Crippen molar-refractivity contribution in [1.29, 1.82) is 0 Å². The fraction of sp³-hybridized carbons (Fsp3) is 0.364. The fourth-order valence-electron chi connectivity index (χ4n) is 1.29. The van der Waals surface area contributed by atoms with Gasteiger partial charge in [0, 0.05) is 19.3 Å². The zero-order valence-corrected chi connectivity index (χ0v) is 9.67. The molecular weight excluding hydrogens is 249 g/mol. The van der Waals surface area contributed by atoms with E-state index in [-0.39, 0.29) is 24.4 Å². The minimum atomic E-state index is -4.50. The van der Waals surface area contributed by atoms with Gasteiger partial charge >= 0.3 is 6.18 Å². The number of nitrogens with two attached hydrogens (primary N) is 1. The monoisotopic (exact) mass is 262 g/mol. The number of carbonyl (C=O) groups is 1. The number of benzene rings is 1. The second kappa shape index (κ2) is 5.72. The van der Waals surface area contributed by atoms with Crippen molar-refractivity contribution in [1.82, 2.24) is 5.32 Å². The van der Waals surface area contributed by atoms with Gasteiger partial charge in [-0.1, -0.05) is 0 Å². The molecule has 1 amide bonds. The Morgan fingerprint density at radius 3 is 2.67 bits per heavy atom. The van der Waals surface area contributed by atoms with Crippen LogP contribution in [0.15, 0.2) is 18.2 Å². The molecule has 0 unspecified atom stereocenters. The molecule has 0 spiro atoms. The summed E-state index contributed by atoms with van der Waals surface area (Å²) in [5.41, 5.74) is 4.37. The molecule has 1 aromatic rings. The normalized spacial score (nSPS) is 11.3. The highest BCUT2D eigenvalue weighted by molar-refractivity contribution is 5.99. The van der Waals surface area contributed by atoms with Crippen LogP contribution < -0.4 is 11.1 Å². The van der Waals surface area contributed by atoms with Crippen molar-refractivity contribution in [3.63, 3.8) is 0 Å². The summed E-state index contributed by atoms with van der Waals surface area (Å²) in [4.78, 5) is 11.6. The molecule has 0 atom stereocenters. The first-order valence-corrected chi connectivity index (χ1v) is 5.10. The average molecular weight is 262 g/mol. The number of ether oxygens (including phenoxy) is 1. The number of alkyl halides is 3. The lowest BCUT2D eigenvalue weighted by Crippen LogP contribution is -2.28. The van der Waals surface area contributed by atoms with E-state index in [2.05, 4.69) is 5.32 Å². The summed E-state index contributed by atoms with van der Waals surface area (Å²) in [6.07, 6.45) is -4.50. The number of hydrogen-bond acceptors (Lipinski definition) is 3. The van der Waals surface area contributed by atoms with Gasteiger partial charge < -0.3 is 15.8 Å². The SMILES string of the molecule is COCCNC(=O)c1cc(C(F)(F)F)ccc1N. The minimum absolute atomic E-state index is 0.00193. The maximum Gasteiger partial charge on any atom is 0.416 e. The lowest BCUT2D eigenvalue weighted by atomic mass is 10.1. The van der Waals surface area contributed by atoms with Crippen LogP contribution in [-0.4, -0.2) is 26.2 Å². The number of nitrogens with one attached hydrogen (secondary N) is 1. The lowest BCUT2D eigenvalue weighted by Gasteiger charge is -2.11. The number of carbonyl (C=O) groups excluding carboxylic acids is 1. The van der Waals surface area contributed by atoms with Crippen molar-refractivity contribution in [2.75, 3.05) is 26.0 Å². The maximum atomic E-state index is 12.5. The fourth-order valence-corrected chi connectivity index (χ4v) is 1.29. The molecule has 0 radical (unpaired) electrons. The van der Waals surface area contributed by atoms with E-state index in [0.29, 0.717) is 0 Å². The van der Waals surface area contributed by atoms with E-state index < -0.39 is 17.6 Å². The Kier molecular flexibility index (Phi) is 4.55. The van der Waals surface area contributed by atoms with Crippen LogP contribution in [0.4, 0.5) is 18.9 Å². The topological polar surface area (TPSA) is 64.3 Å². The minimum Gasteiger partial charge on any atom is -0.398 e. The molecule has 1 aromatic carbocycles. The second-order valence-electron chi connectivity index (χ2n) is 3.55. The summed E-state index contributed by atoms with van der Waals surface area (Å²) in [7, 11) is 1.45. The molecule has 18 heavy (non-hydrogen) atoms. The number of halogens is 3. The number of anilines is 1. The second-order valence-corrected chi connectivity index (χ2v) is 3.55. The van der Waals surface area contributed by atoms with Crippen LogP contribution in [-0.2, 0) is 10.9 Å². The van der Waals surface area contributed by atoms with Crippen LogP contribution in [0.2, 0.25) is 0 Å². The Bertz CT molecular complexity index is 433. The van der Waals surface area contributed by atoms with E-state index in [4.69, 9.17) is 10.5 Å². The first kappa shape index (κ1) is 14.3. The van der Waals surface area contributed by atoms with Gasteiger partial charge in [-0.05, 0) is 18.2 Å². The van der Waals surface area contributed by atoms with Crippen LogP contribution in [0.25, 0.3) is 0 Å². The van der Waals surface area contributed by atoms with E-state index in [1.54, 1.807) is 0 Å². The lowest BCUT2D eigenvalue weighted by molar-refractivity contribution is -0.137. The molecule has 3 N–H and O–H groups in total. The summed E-state index contributed by atoms with van der Waals surface area (Å²) >= 11 is 0. The predicted octanol–water partition coefficient (Wildman–Crippen LogP) is 1.66. The predicted molar refractivity (Wildman–Crippen MR) is 60.1 cm³/mol. The third-order valence-electron chi connectivity index (χ3n) is 2.22. The Balaban J connectivity index is 2.90. The van der Waals surface area contributed by atoms with Crippen molar-refractivity contribution in [2.45, 2.75) is 6.18 Å². The van der Waals surface area contributed by atoms with Crippen molar-refractivity contribution in [3.05, 3.63) is 29.3 Å². The molecule has 4 nitrogen and oxygen atoms in total. The Hall–Kier alpha value is -1.76. The molecule has 0 aliphatic rings. The van der Waals surface area contributed by atoms with Crippen LogP contribution in [0.1, 0.15) is 15.9 Å². The maximum absolute atomic E-state index is 12.5. The third kappa shape index (κ3) is 3.63. The van der Waals surface area contributed by atoms with E-state index >= 15 is 0 Å². The van der Waals surface area contributed by atoms with Crippen molar-refractivity contribution >= 4 is 11.6 Å². The van der Waals surface area contributed by atoms with Gasteiger partial charge in [0.15, 0.2) is 0 Å². The number of nitrogen functional groups attached to an aromatic ring is 1. The van der Waals surface area contributed by atoms with Crippen LogP contribution in [0, 0.1) is 0 Å². The summed E-state index contributed by atoms with van der Waals surface area (Å²) < 4.78 is 42.1. The first-order chi connectivity index (χ1) is 8.36. The molecule has 0 saturated heterocycles. The Morgan fingerprint density at radius 1 is 1.44 bits per heavy atom. The highest BCUT2D eigenvalue weighted by Gasteiger charge is 2.31. The molecule has 0 saturated carbocycles. The van der Waals surface area contributed by atoms with Gasteiger partial charge in [-0.15, -0.1) is 0 Å². The summed E-state index contributed by atoms with van der Waals surface area (Å²) in [5, 5.41) is 2.41. The first-order valence-electron chi connectivity index (χ1n) is 5.10. The highest BCUT2D eigenvalue weighted by Crippen LogP contribution is 2.31. The molecule has 0 aliphatic carbocycles. The Labute approximate surface area is 102 Å². The van der Waals surface area contributed by atoms with E-state index in [1.807, 2.05) is 0 Å². The van der Waals surface area contributed by atoms with E-state index in [1.165, 1.54) is 7.11 Å². The van der Waals surface area contributed by atoms with Gasteiger partial charge in [-0.25, -0.2) is 0 Å². The van der Waals surface area contributed by atoms with E-state index in [9.17, 15) is 18.0 Å². The van der Waals surface area contributed by atoms with Crippen molar-refractivity contribution < 1.29 is 22.7 Å². The van der Waals surface area contributed by atoms with Crippen LogP contribution in [0.5, 0.6) is 0 Å². The zero-order valence-electron chi connectivity index (χ0n) is 9.67. The van der Waals surface area contributed by atoms with Gasteiger partial charge in [0.05, 0.1) is 17.7 Å². The number of rotatable bonds is 4. The smallest absolute Gasteiger partial charge is 0.398 e. The molecule has 0 bridgehead atoms. The third-order valence-corrected chi connectivity index (χ3v) is 2.22. The summed E-state index contributed by atoms with van der Waals surface area (Å²) in [6.45, 7) is 0.468. The van der Waals surface area contributed by atoms with Crippen LogP contribution >= 0.6 is 0 Å². The highest BCUT2D eigenvalue weighted by atomic mass is 19.4. The number of hydrogen-bond donors (Lipinski definition) is 2. The standard InChI is InChI=1S/C11H13F3N2O2/c1-18-5-4-16-10(17)8-6-7(11(12,13)14)2-3-9(8)15/h2-3,6H,4-5,15H2,1H3,(H,16,17). The van der Waals surface area contributed by atoms with E-state index in [0.717, 1.165) is 18.2 Å². The zero-order chi connectivity index (χ0) is 13.8. The van der Waals surface area contributed by atoms with Crippen molar-refractivity contribution in [3.8, 4) is 0 Å². The molecule has 0 fully saturated rings. The van der Waals surface area contributed by atoms with Gasteiger partial charge in [0.2, 0.25) is 0 Å². The molecule has 100 valence electrons. The summed E-state index contributed by atoms with van der Waals surface area (Å²) in [5.74, 6) is -0.657. The van der Waals surface area contributed by atoms with Gasteiger partial charge in [-0.2, -0.15) is 13.2 Å². The Morgan fingerprint density at radius 2 is 2.11 bits per heavy atom.